The maximum Gasteiger partial charge on any atom is 0.407 e. The van der Waals surface area contributed by atoms with E-state index >= 15 is 0 Å². The van der Waals surface area contributed by atoms with Crippen LogP contribution in [0.25, 0.3) is 0 Å². The average Bonchev–Trinajstić information content (AvgIpc) is 2.60. The maximum absolute atomic E-state index is 12.5. The monoisotopic (exact) mass is 400 g/mol. The van der Waals surface area contributed by atoms with Crippen molar-refractivity contribution in [2.24, 2.45) is 0 Å². The normalized spacial score (nSPS) is 22.7. The molecular formula is C18H32N4O6. The van der Waals surface area contributed by atoms with Crippen LogP contribution in [0.4, 0.5) is 4.79 Å². The lowest BCUT2D eigenvalue weighted by Gasteiger charge is -2.32. The molecule has 1 fully saturated rings. The largest absolute Gasteiger partial charge is 0.467 e. The highest BCUT2D eigenvalue weighted by atomic mass is 16.6. The van der Waals surface area contributed by atoms with Gasteiger partial charge in [0.2, 0.25) is 11.8 Å². The summed E-state index contributed by atoms with van der Waals surface area (Å²) in [4.78, 5) is 49.8. The molecule has 160 valence electrons. The van der Waals surface area contributed by atoms with E-state index in [1.165, 1.54) is 12.0 Å². The lowest BCUT2D eigenvalue weighted by atomic mass is 10.1. The fraction of sp³-hybridized carbons (Fsp3) is 0.778. The van der Waals surface area contributed by atoms with E-state index in [1.807, 2.05) is 0 Å². The molecule has 1 aliphatic rings. The van der Waals surface area contributed by atoms with Gasteiger partial charge in [0.1, 0.15) is 11.6 Å². The Kier molecular flexibility index (Phi) is 8.67. The van der Waals surface area contributed by atoms with Gasteiger partial charge in [0.15, 0.2) is 0 Å². The Balaban J connectivity index is 2.85. The number of amides is 3. The molecule has 1 aliphatic heterocycles. The van der Waals surface area contributed by atoms with Gasteiger partial charge in [-0.2, -0.15) is 0 Å². The van der Waals surface area contributed by atoms with Crippen LogP contribution in [0.1, 0.15) is 41.0 Å². The summed E-state index contributed by atoms with van der Waals surface area (Å²) in [6.45, 7) is 8.78. The minimum Gasteiger partial charge on any atom is -0.467 e. The second kappa shape index (κ2) is 10.3. The van der Waals surface area contributed by atoms with Gasteiger partial charge in [-0.05, 0) is 41.0 Å². The first kappa shape index (κ1) is 23.7. The molecule has 1 heterocycles. The molecule has 10 nitrogen and oxygen atoms in total. The van der Waals surface area contributed by atoms with Crippen LogP contribution in [0.2, 0.25) is 0 Å². The van der Waals surface area contributed by atoms with E-state index in [9.17, 15) is 19.2 Å². The standard InChI is InChI=1S/C18H32N4O6/c1-11-15(24)19-10-14(23)22(12(2)16(25)27-6)8-7-13(21-11)9-20-17(26)28-18(3,4)5/h11-13,21H,7-10H2,1-6H3,(H,19,24)(H,20,26)/t11-,12-,13?/m0/s1. The van der Waals surface area contributed by atoms with Gasteiger partial charge in [-0.1, -0.05) is 0 Å². The van der Waals surface area contributed by atoms with Crippen molar-refractivity contribution < 1.29 is 28.7 Å². The predicted octanol–water partition coefficient (Wildman–Crippen LogP) is -0.232. The molecular weight excluding hydrogens is 368 g/mol. The van der Waals surface area contributed by atoms with E-state index in [4.69, 9.17) is 9.47 Å². The third-order valence-electron chi connectivity index (χ3n) is 4.23. The molecule has 0 saturated carbocycles. The molecule has 0 spiro atoms. The SMILES string of the molecule is COC(=O)[C@H](C)N1CCC(CNC(=O)OC(C)(C)C)N[C@@H](C)C(=O)NCC1=O. The molecule has 10 heteroatoms. The summed E-state index contributed by atoms with van der Waals surface area (Å²) in [5.74, 6) is -1.26. The van der Waals surface area contributed by atoms with Crippen molar-refractivity contribution in [1.29, 1.82) is 0 Å². The second-order valence-corrected chi connectivity index (χ2v) is 7.76. The molecule has 1 unspecified atom stereocenters. The number of hydrogen-bond acceptors (Lipinski definition) is 7. The molecule has 0 radical (unpaired) electrons. The number of hydrogen-bond donors (Lipinski definition) is 3. The molecule has 3 N–H and O–H groups in total. The van der Waals surface area contributed by atoms with Gasteiger partial charge in [0.25, 0.3) is 0 Å². The molecule has 1 rings (SSSR count). The summed E-state index contributed by atoms with van der Waals surface area (Å²) in [6.07, 6.45) is -0.153. The van der Waals surface area contributed by atoms with E-state index in [0.29, 0.717) is 6.42 Å². The Hall–Kier alpha value is -2.36. The summed E-state index contributed by atoms with van der Waals surface area (Å²) in [5, 5.41) is 8.36. The number of rotatable bonds is 4. The average molecular weight is 400 g/mol. The fourth-order valence-electron chi connectivity index (χ4n) is 2.74. The van der Waals surface area contributed by atoms with Crippen LogP contribution in [0.15, 0.2) is 0 Å². The van der Waals surface area contributed by atoms with E-state index in [-0.39, 0.29) is 37.5 Å². The number of carbonyl (C=O) groups excluding carboxylic acids is 4. The summed E-state index contributed by atoms with van der Waals surface area (Å²) in [7, 11) is 1.25. The summed E-state index contributed by atoms with van der Waals surface area (Å²) in [6, 6.07) is -1.65. The second-order valence-electron chi connectivity index (χ2n) is 7.76. The zero-order valence-electron chi connectivity index (χ0n) is 17.5. The molecule has 0 aliphatic carbocycles. The Morgan fingerprint density at radius 3 is 2.54 bits per heavy atom. The van der Waals surface area contributed by atoms with Crippen LogP contribution in [-0.4, -0.2) is 79.2 Å². The molecule has 1 saturated heterocycles. The molecule has 28 heavy (non-hydrogen) atoms. The van der Waals surface area contributed by atoms with E-state index in [1.54, 1.807) is 34.6 Å². The number of carbonyl (C=O) groups is 4. The fourth-order valence-corrected chi connectivity index (χ4v) is 2.74. The number of methoxy groups -OCH3 is 1. The van der Waals surface area contributed by atoms with Crippen molar-refractivity contribution in [1.82, 2.24) is 20.9 Å². The lowest BCUT2D eigenvalue weighted by Crippen LogP contribution is -2.56. The van der Waals surface area contributed by atoms with Crippen LogP contribution in [-0.2, 0) is 23.9 Å². The number of nitrogens with zero attached hydrogens (tertiary/aromatic N) is 1. The highest BCUT2D eigenvalue weighted by Gasteiger charge is 2.30. The predicted molar refractivity (Wildman–Crippen MR) is 101 cm³/mol. The van der Waals surface area contributed by atoms with Crippen molar-refractivity contribution in [2.45, 2.75) is 64.8 Å². The van der Waals surface area contributed by atoms with Crippen LogP contribution >= 0.6 is 0 Å². The number of esters is 1. The number of nitrogens with one attached hydrogen (secondary N) is 3. The Labute approximate surface area is 165 Å². The van der Waals surface area contributed by atoms with E-state index in [0.717, 1.165) is 0 Å². The Morgan fingerprint density at radius 1 is 1.32 bits per heavy atom. The van der Waals surface area contributed by atoms with Crippen molar-refractivity contribution in [3.05, 3.63) is 0 Å². The molecule has 0 aromatic rings. The minimum absolute atomic E-state index is 0.196. The van der Waals surface area contributed by atoms with Crippen molar-refractivity contribution >= 4 is 23.9 Å². The van der Waals surface area contributed by atoms with Gasteiger partial charge >= 0.3 is 12.1 Å². The smallest absolute Gasteiger partial charge is 0.407 e. The zero-order chi connectivity index (χ0) is 21.5. The molecule has 0 aromatic carbocycles. The van der Waals surface area contributed by atoms with Gasteiger partial charge in [0.05, 0.1) is 19.7 Å². The lowest BCUT2D eigenvalue weighted by molar-refractivity contribution is -0.152. The Bertz CT molecular complexity index is 589. The van der Waals surface area contributed by atoms with Crippen LogP contribution in [0.5, 0.6) is 0 Å². The van der Waals surface area contributed by atoms with Crippen LogP contribution in [0, 0.1) is 0 Å². The van der Waals surface area contributed by atoms with Crippen LogP contribution in [0.3, 0.4) is 0 Å². The van der Waals surface area contributed by atoms with Crippen molar-refractivity contribution in [2.75, 3.05) is 26.7 Å². The Morgan fingerprint density at radius 2 is 1.96 bits per heavy atom. The third-order valence-corrected chi connectivity index (χ3v) is 4.23. The van der Waals surface area contributed by atoms with Gasteiger partial charge in [-0.15, -0.1) is 0 Å². The zero-order valence-corrected chi connectivity index (χ0v) is 17.5. The van der Waals surface area contributed by atoms with Gasteiger partial charge in [-0.3, -0.25) is 9.59 Å². The first-order valence-electron chi connectivity index (χ1n) is 9.32. The summed E-state index contributed by atoms with van der Waals surface area (Å²) in [5.41, 5.74) is -0.625. The molecule has 0 aromatic heterocycles. The summed E-state index contributed by atoms with van der Waals surface area (Å²) >= 11 is 0. The molecule has 3 atom stereocenters. The van der Waals surface area contributed by atoms with Gasteiger partial charge < -0.3 is 30.3 Å². The first-order valence-corrected chi connectivity index (χ1v) is 9.32. The van der Waals surface area contributed by atoms with Gasteiger partial charge in [-0.25, -0.2) is 9.59 Å². The minimum atomic E-state index is -0.786. The molecule has 0 bridgehead atoms. The van der Waals surface area contributed by atoms with Crippen molar-refractivity contribution in [3.63, 3.8) is 0 Å². The van der Waals surface area contributed by atoms with E-state index < -0.39 is 29.7 Å². The third kappa shape index (κ3) is 7.71. The first-order chi connectivity index (χ1) is 12.9. The number of ether oxygens (including phenoxy) is 2. The van der Waals surface area contributed by atoms with E-state index in [2.05, 4.69) is 16.0 Å². The highest BCUT2D eigenvalue weighted by Crippen LogP contribution is 2.09. The summed E-state index contributed by atoms with van der Waals surface area (Å²) < 4.78 is 9.94. The van der Waals surface area contributed by atoms with Crippen molar-refractivity contribution in [3.8, 4) is 0 Å². The molecule has 3 amide bonds. The van der Waals surface area contributed by atoms with Gasteiger partial charge in [0, 0.05) is 19.1 Å². The maximum atomic E-state index is 12.5. The quantitative estimate of drug-likeness (QED) is 0.556. The highest BCUT2D eigenvalue weighted by molar-refractivity contribution is 5.89. The number of alkyl carbamates (subject to hydrolysis) is 1. The topological polar surface area (TPSA) is 126 Å². The van der Waals surface area contributed by atoms with Crippen LogP contribution < -0.4 is 16.0 Å².